The average Bonchev–Trinajstić information content (AvgIpc) is 3.32. The molecule has 1 aromatic heterocycles. The fraction of sp³-hybridized carbons (Fsp3) is 0.444. The summed E-state index contributed by atoms with van der Waals surface area (Å²) in [4.78, 5) is 36.0. The smallest absolute Gasteiger partial charge is 0.350 e. The number of hydrogen-bond acceptors (Lipinski definition) is 4. The van der Waals surface area contributed by atoms with Crippen LogP contribution in [0.1, 0.15) is 37.4 Å². The molecule has 8 nitrogen and oxygen atoms in total. The molecule has 26 heavy (non-hydrogen) atoms. The molecule has 1 atom stereocenters. The van der Waals surface area contributed by atoms with Gasteiger partial charge in [-0.15, -0.1) is 0 Å². The van der Waals surface area contributed by atoms with E-state index in [1.807, 2.05) is 30.3 Å². The number of para-hydroxylation sites is 1. The van der Waals surface area contributed by atoms with E-state index in [1.54, 1.807) is 4.57 Å². The minimum Gasteiger partial charge on any atom is -0.352 e. The second kappa shape index (κ2) is 6.78. The summed E-state index contributed by atoms with van der Waals surface area (Å²) in [6.45, 7) is 0.589. The zero-order valence-corrected chi connectivity index (χ0v) is 14.4. The van der Waals surface area contributed by atoms with Crippen molar-refractivity contribution < 1.29 is 9.59 Å². The third kappa shape index (κ3) is 3.26. The molecule has 2 N–H and O–H groups in total. The molecule has 4 rings (SSSR count). The molecule has 2 amide bonds. The predicted molar refractivity (Wildman–Crippen MR) is 94.0 cm³/mol. The largest absolute Gasteiger partial charge is 0.352 e. The van der Waals surface area contributed by atoms with Gasteiger partial charge in [-0.3, -0.25) is 9.59 Å². The van der Waals surface area contributed by atoms with Crippen LogP contribution in [-0.4, -0.2) is 38.7 Å². The number of nitrogens with one attached hydrogen (secondary N) is 2. The van der Waals surface area contributed by atoms with Crippen molar-refractivity contribution in [2.75, 3.05) is 6.54 Å². The fourth-order valence-electron chi connectivity index (χ4n) is 3.21. The van der Waals surface area contributed by atoms with Gasteiger partial charge in [-0.1, -0.05) is 18.2 Å². The van der Waals surface area contributed by atoms with E-state index in [0.29, 0.717) is 31.8 Å². The number of benzene rings is 1. The van der Waals surface area contributed by atoms with Crippen LogP contribution in [0.25, 0.3) is 5.69 Å². The summed E-state index contributed by atoms with van der Waals surface area (Å²) >= 11 is 0. The molecule has 0 spiro atoms. The summed E-state index contributed by atoms with van der Waals surface area (Å²) in [7, 11) is 0. The number of rotatable bonds is 6. The zero-order valence-electron chi connectivity index (χ0n) is 14.4. The lowest BCUT2D eigenvalue weighted by Gasteiger charge is -2.10. The molecule has 1 aliphatic heterocycles. The molecule has 8 heteroatoms. The maximum absolute atomic E-state index is 12.8. The SMILES string of the molecule is O=C1CCC(C(=O)NCCn2nc(C3CC3)n(-c3ccccc3)c2=O)N1. The molecule has 0 radical (unpaired) electrons. The number of nitrogens with zero attached hydrogens (tertiary/aromatic N) is 3. The van der Waals surface area contributed by atoms with Gasteiger partial charge in [0.1, 0.15) is 11.9 Å². The fourth-order valence-corrected chi connectivity index (χ4v) is 3.21. The summed E-state index contributed by atoms with van der Waals surface area (Å²) in [6.07, 6.45) is 2.98. The van der Waals surface area contributed by atoms with E-state index in [0.717, 1.165) is 24.4 Å². The minimum absolute atomic E-state index is 0.1000. The molecule has 2 heterocycles. The van der Waals surface area contributed by atoms with Crippen LogP contribution in [0.2, 0.25) is 0 Å². The Labute approximate surface area is 150 Å². The average molecular weight is 355 g/mol. The molecule has 1 saturated carbocycles. The van der Waals surface area contributed by atoms with E-state index in [4.69, 9.17) is 0 Å². The maximum atomic E-state index is 12.8. The highest BCUT2D eigenvalue weighted by molar-refractivity contribution is 5.90. The highest BCUT2D eigenvalue weighted by Gasteiger charge is 2.31. The van der Waals surface area contributed by atoms with Crippen molar-refractivity contribution in [3.05, 3.63) is 46.6 Å². The number of aromatic nitrogens is 3. The van der Waals surface area contributed by atoms with Crippen LogP contribution in [0, 0.1) is 0 Å². The van der Waals surface area contributed by atoms with E-state index in [1.165, 1.54) is 4.68 Å². The van der Waals surface area contributed by atoms with Crippen LogP contribution in [0.15, 0.2) is 35.1 Å². The molecule has 1 saturated heterocycles. The van der Waals surface area contributed by atoms with Gasteiger partial charge in [0.2, 0.25) is 11.8 Å². The van der Waals surface area contributed by atoms with Crippen LogP contribution in [0.3, 0.4) is 0 Å². The summed E-state index contributed by atoms with van der Waals surface area (Å²) in [5, 5.41) is 9.90. The molecule has 1 unspecified atom stereocenters. The summed E-state index contributed by atoms with van der Waals surface area (Å²) in [5.41, 5.74) is 0.616. The predicted octanol–water partition coefficient (Wildman–Crippen LogP) is 0.306. The number of hydrogen-bond donors (Lipinski definition) is 2. The quantitative estimate of drug-likeness (QED) is 0.779. The van der Waals surface area contributed by atoms with Gasteiger partial charge in [-0.2, -0.15) is 5.10 Å². The molecular weight excluding hydrogens is 334 g/mol. The Morgan fingerprint density at radius 2 is 1.96 bits per heavy atom. The first-order valence-corrected chi connectivity index (χ1v) is 8.96. The van der Waals surface area contributed by atoms with Gasteiger partial charge >= 0.3 is 5.69 Å². The molecule has 1 aromatic carbocycles. The van der Waals surface area contributed by atoms with Gasteiger partial charge in [-0.25, -0.2) is 14.0 Å². The van der Waals surface area contributed by atoms with Crippen molar-refractivity contribution in [1.82, 2.24) is 25.0 Å². The van der Waals surface area contributed by atoms with E-state index in [9.17, 15) is 14.4 Å². The lowest BCUT2D eigenvalue weighted by atomic mass is 10.2. The number of amides is 2. The second-order valence-corrected chi connectivity index (χ2v) is 6.76. The van der Waals surface area contributed by atoms with Crippen LogP contribution in [0.4, 0.5) is 0 Å². The van der Waals surface area contributed by atoms with Crippen LogP contribution < -0.4 is 16.3 Å². The van der Waals surface area contributed by atoms with Gasteiger partial charge in [0.25, 0.3) is 0 Å². The van der Waals surface area contributed by atoms with Gasteiger partial charge in [0, 0.05) is 18.9 Å². The normalized spacial score (nSPS) is 19.4. The number of carbonyl (C=O) groups is 2. The summed E-state index contributed by atoms with van der Waals surface area (Å²) < 4.78 is 3.07. The molecule has 2 fully saturated rings. The van der Waals surface area contributed by atoms with E-state index in [-0.39, 0.29) is 17.5 Å². The van der Waals surface area contributed by atoms with Crippen LogP contribution in [0.5, 0.6) is 0 Å². The van der Waals surface area contributed by atoms with Gasteiger partial charge in [0.15, 0.2) is 0 Å². The third-order valence-corrected chi connectivity index (χ3v) is 4.76. The Morgan fingerprint density at radius 3 is 2.62 bits per heavy atom. The van der Waals surface area contributed by atoms with Crippen molar-refractivity contribution >= 4 is 11.8 Å². The summed E-state index contributed by atoms with van der Waals surface area (Å²) in [6, 6.07) is 9.02. The van der Waals surface area contributed by atoms with E-state index in [2.05, 4.69) is 15.7 Å². The minimum atomic E-state index is -0.469. The standard InChI is InChI=1S/C18H21N5O3/c24-15-9-8-14(20-15)17(25)19-10-11-22-18(26)23(13-4-2-1-3-5-13)16(21-22)12-6-7-12/h1-5,12,14H,6-11H2,(H,19,25)(H,20,24). The monoisotopic (exact) mass is 355 g/mol. The van der Waals surface area contributed by atoms with Crippen molar-refractivity contribution in [2.24, 2.45) is 0 Å². The van der Waals surface area contributed by atoms with Crippen molar-refractivity contribution in [3.8, 4) is 5.69 Å². The van der Waals surface area contributed by atoms with Gasteiger partial charge < -0.3 is 10.6 Å². The first-order chi connectivity index (χ1) is 12.6. The van der Waals surface area contributed by atoms with Crippen molar-refractivity contribution in [1.29, 1.82) is 0 Å². The van der Waals surface area contributed by atoms with E-state index < -0.39 is 6.04 Å². The van der Waals surface area contributed by atoms with Crippen LogP contribution >= 0.6 is 0 Å². The number of carbonyl (C=O) groups excluding carboxylic acids is 2. The molecule has 136 valence electrons. The highest BCUT2D eigenvalue weighted by Crippen LogP contribution is 2.39. The Bertz CT molecular complexity index is 882. The first-order valence-electron chi connectivity index (χ1n) is 8.96. The molecule has 2 aromatic rings. The Morgan fingerprint density at radius 1 is 1.19 bits per heavy atom. The topological polar surface area (TPSA) is 98.0 Å². The Hall–Kier alpha value is -2.90. The lowest BCUT2D eigenvalue weighted by Crippen LogP contribution is -2.43. The molecule has 0 bridgehead atoms. The zero-order chi connectivity index (χ0) is 18.1. The van der Waals surface area contributed by atoms with Gasteiger partial charge in [0.05, 0.1) is 12.2 Å². The Balaban J connectivity index is 1.46. The second-order valence-electron chi connectivity index (χ2n) is 6.76. The maximum Gasteiger partial charge on any atom is 0.350 e. The first kappa shape index (κ1) is 16.6. The van der Waals surface area contributed by atoms with Crippen LogP contribution in [-0.2, 0) is 16.1 Å². The van der Waals surface area contributed by atoms with Crippen molar-refractivity contribution in [2.45, 2.75) is 44.2 Å². The van der Waals surface area contributed by atoms with Crippen molar-refractivity contribution in [3.63, 3.8) is 0 Å². The molecular formula is C18H21N5O3. The lowest BCUT2D eigenvalue weighted by molar-refractivity contribution is -0.125. The summed E-state index contributed by atoms with van der Waals surface area (Å²) in [5.74, 6) is 0.800. The van der Waals surface area contributed by atoms with Gasteiger partial charge in [-0.05, 0) is 31.4 Å². The highest BCUT2D eigenvalue weighted by atomic mass is 16.2. The molecule has 1 aliphatic carbocycles. The molecule has 2 aliphatic rings. The third-order valence-electron chi connectivity index (χ3n) is 4.76. The van der Waals surface area contributed by atoms with E-state index >= 15 is 0 Å². The Kier molecular flexibility index (Phi) is 4.32.